The van der Waals surface area contributed by atoms with E-state index in [4.69, 9.17) is 4.74 Å². The fraction of sp³-hybridized carbons (Fsp3) is 0.158. The molecule has 1 heterocycles. The van der Waals surface area contributed by atoms with Gasteiger partial charge in [-0.25, -0.2) is 13.5 Å². The Kier molecular flexibility index (Phi) is 5.09. The molecule has 0 saturated heterocycles. The van der Waals surface area contributed by atoms with Crippen LogP contribution in [0.3, 0.4) is 0 Å². The number of amides is 1. The summed E-state index contributed by atoms with van der Waals surface area (Å²) in [6.45, 7) is 1.90. The molecule has 0 spiro atoms. The van der Waals surface area contributed by atoms with Gasteiger partial charge in [-0.05, 0) is 36.8 Å². The van der Waals surface area contributed by atoms with Gasteiger partial charge in [0.25, 0.3) is 5.91 Å². The molecule has 7 heteroatoms. The molecule has 3 aromatic rings. The standard InChI is InChI=1S/C19H17F2N3O2/c1-12(26-2)13-4-3-5-16(8-13)23-19(25)14-10-22-24(11-14)18-7-6-15(20)9-17(18)21/h3-12H,1-2H3,(H,23,25). The zero-order valence-electron chi connectivity index (χ0n) is 14.2. The van der Waals surface area contributed by atoms with Crippen LogP contribution in [0.5, 0.6) is 0 Å². The highest BCUT2D eigenvalue weighted by atomic mass is 19.1. The van der Waals surface area contributed by atoms with Gasteiger partial charge in [0.05, 0.1) is 17.9 Å². The highest BCUT2D eigenvalue weighted by Gasteiger charge is 2.13. The largest absolute Gasteiger partial charge is 0.377 e. The molecular weight excluding hydrogens is 340 g/mol. The van der Waals surface area contributed by atoms with Crippen molar-refractivity contribution < 1.29 is 18.3 Å². The number of aromatic nitrogens is 2. The highest BCUT2D eigenvalue weighted by Crippen LogP contribution is 2.20. The molecule has 0 radical (unpaired) electrons. The number of benzene rings is 2. The van der Waals surface area contributed by atoms with Crippen LogP contribution in [0.4, 0.5) is 14.5 Å². The fourth-order valence-electron chi connectivity index (χ4n) is 2.45. The van der Waals surface area contributed by atoms with Crippen LogP contribution in [0.15, 0.2) is 54.9 Å². The molecule has 26 heavy (non-hydrogen) atoms. The fourth-order valence-corrected chi connectivity index (χ4v) is 2.45. The minimum atomic E-state index is -0.763. The van der Waals surface area contributed by atoms with Crippen LogP contribution in [0.2, 0.25) is 0 Å². The van der Waals surface area contributed by atoms with E-state index in [1.165, 1.54) is 23.1 Å². The van der Waals surface area contributed by atoms with Gasteiger partial charge in [-0.2, -0.15) is 5.10 Å². The summed E-state index contributed by atoms with van der Waals surface area (Å²) in [4.78, 5) is 12.4. The van der Waals surface area contributed by atoms with Gasteiger partial charge in [-0.3, -0.25) is 4.79 Å². The predicted molar refractivity (Wildman–Crippen MR) is 93.3 cm³/mol. The number of halogens is 2. The van der Waals surface area contributed by atoms with Crippen molar-refractivity contribution in [3.63, 3.8) is 0 Å². The van der Waals surface area contributed by atoms with Crippen molar-refractivity contribution in [1.29, 1.82) is 0 Å². The molecule has 134 valence electrons. The van der Waals surface area contributed by atoms with E-state index in [1.807, 2.05) is 25.1 Å². The number of rotatable bonds is 5. The van der Waals surface area contributed by atoms with Crippen LogP contribution in [-0.4, -0.2) is 22.8 Å². The Bertz CT molecular complexity index is 940. The first-order valence-electron chi connectivity index (χ1n) is 7.92. The molecule has 0 aliphatic heterocycles. The topological polar surface area (TPSA) is 56.1 Å². The minimum Gasteiger partial charge on any atom is -0.377 e. The quantitative estimate of drug-likeness (QED) is 0.748. The maximum atomic E-state index is 13.8. The zero-order valence-corrected chi connectivity index (χ0v) is 14.2. The molecule has 0 aliphatic rings. The molecule has 1 N–H and O–H groups in total. The van der Waals surface area contributed by atoms with Crippen LogP contribution in [0.25, 0.3) is 5.69 Å². The Morgan fingerprint density at radius 1 is 1.23 bits per heavy atom. The first-order valence-corrected chi connectivity index (χ1v) is 7.92. The van der Waals surface area contributed by atoms with Gasteiger partial charge in [0.15, 0.2) is 5.82 Å². The molecule has 1 unspecified atom stereocenters. The van der Waals surface area contributed by atoms with E-state index in [2.05, 4.69) is 10.4 Å². The Morgan fingerprint density at radius 3 is 2.77 bits per heavy atom. The van der Waals surface area contributed by atoms with E-state index < -0.39 is 11.6 Å². The summed E-state index contributed by atoms with van der Waals surface area (Å²) in [5.74, 6) is -1.83. The number of hydrogen-bond donors (Lipinski definition) is 1. The van der Waals surface area contributed by atoms with Crippen molar-refractivity contribution in [1.82, 2.24) is 9.78 Å². The first-order chi connectivity index (χ1) is 12.5. The second-order valence-electron chi connectivity index (χ2n) is 5.73. The number of nitrogens with zero attached hydrogens (tertiary/aromatic N) is 2. The molecule has 1 aromatic heterocycles. The second-order valence-corrected chi connectivity index (χ2v) is 5.73. The SMILES string of the molecule is COC(C)c1cccc(NC(=O)c2cnn(-c3ccc(F)cc3F)c2)c1. The first kappa shape index (κ1) is 17.8. The molecule has 5 nitrogen and oxygen atoms in total. The van der Waals surface area contributed by atoms with Crippen molar-refractivity contribution in [2.45, 2.75) is 13.0 Å². The van der Waals surface area contributed by atoms with Crippen LogP contribution in [0, 0.1) is 11.6 Å². The Morgan fingerprint density at radius 2 is 2.04 bits per heavy atom. The number of carbonyl (C=O) groups is 1. The van der Waals surface area contributed by atoms with Crippen molar-refractivity contribution in [2.24, 2.45) is 0 Å². The normalized spacial score (nSPS) is 12.0. The van der Waals surface area contributed by atoms with E-state index >= 15 is 0 Å². The molecular formula is C19H17F2N3O2. The van der Waals surface area contributed by atoms with Gasteiger partial charge in [0, 0.05) is 25.1 Å². The smallest absolute Gasteiger partial charge is 0.258 e. The number of methoxy groups -OCH3 is 1. The third-order valence-electron chi connectivity index (χ3n) is 3.97. The molecule has 0 aliphatic carbocycles. The van der Waals surface area contributed by atoms with E-state index in [-0.39, 0.29) is 23.3 Å². The lowest BCUT2D eigenvalue weighted by molar-refractivity contribution is 0.102. The van der Waals surface area contributed by atoms with Gasteiger partial charge in [-0.15, -0.1) is 0 Å². The average Bonchev–Trinajstić information content (AvgIpc) is 3.11. The maximum Gasteiger partial charge on any atom is 0.258 e. The Hall–Kier alpha value is -3.06. The van der Waals surface area contributed by atoms with Crippen LogP contribution < -0.4 is 5.32 Å². The average molecular weight is 357 g/mol. The Labute approximate surface area is 149 Å². The van der Waals surface area contributed by atoms with E-state index in [0.29, 0.717) is 5.69 Å². The molecule has 2 aromatic carbocycles. The summed E-state index contributed by atoms with van der Waals surface area (Å²) < 4.78 is 33.3. The monoisotopic (exact) mass is 357 g/mol. The van der Waals surface area contributed by atoms with Crippen LogP contribution in [0.1, 0.15) is 28.9 Å². The summed E-state index contributed by atoms with van der Waals surface area (Å²) in [5.41, 5.74) is 1.84. The van der Waals surface area contributed by atoms with Crippen molar-refractivity contribution in [3.8, 4) is 5.69 Å². The number of nitrogens with one attached hydrogen (secondary N) is 1. The molecule has 1 atom stereocenters. The predicted octanol–water partition coefficient (Wildman–Crippen LogP) is 4.11. The number of anilines is 1. The van der Waals surface area contributed by atoms with Crippen molar-refractivity contribution in [3.05, 3.63) is 77.6 Å². The minimum absolute atomic E-state index is 0.0568. The highest BCUT2D eigenvalue weighted by molar-refractivity contribution is 6.04. The number of carbonyl (C=O) groups excluding carboxylic acids is 1. The van der Waals surface area contributed by atoms with Gasteiger partial charge in [0.1, 0.15) is 11.5 Å². The summed E-state index contributed by atoms with van der Waals surface area (Å²) in [7, 11) is 1.61. The van der Waals surface area contributed by atoms with E-state index in [9.17, 15) is 13.6 Å². The van der Waals surface area contributed by atoms with Crippen LogP contribution >= 0.6 is 0 Å². The summed E-state index contributed by atoms with van der Waals surface area (Å²) in [6.07, 6.45) is 2.60. The third-order valence-corrected chi connectivity index (χ3v) is 3.97. The number of ether oxygens (including phenoxy) is 1. The molecule has 3 rings (SSSR count). The molecule has 0 fully saturated rings. The maximum absolute atomic E-state index is 13.8. The van der Waals surface area contributed by atoms with Gasteiger partial charge in [-0.1, -0.05) is 12.1 Å². The lowest BCUT2D eigenvalue weighted by Crippen LogP contribution is -2.11. The van der Waals surface area contributed by atoms with Crippen molar-refractivity contribution in [2.75, 3.05) is 12.4 Å². The van der Waals surface area contributed by atoms with Gasteiger partial charge < -0.3 is 10.1 Å². The summed E-state index contributed by atoms with van der Waals surface area (Å²) >= 11 is 0. The summed E-state index contributed by atoms with van der Waals surface area (Å²) in [6, 6.07) is 10.4. The second kappa shape index (κ2) is 7.45. The van der Waals surface area contributed by atoms with Crippen molar-refractivity contribution >= 4 is 11.6 Å². The molecule has 1 amide bonds. The molecule has 0 saturated carbocycles. The van der Waals surface area contributed by atoms with Gasteiger partial charge in [0.2, 0.25) is 0 Å². The lowest BCUT2D eigenvalue weighted by atomic mass is 10.1. The third kappa shape index (κ3) is 3.78. The molecule has 0 bridgehead atoms. The number of hydrogen-bond acceptors (Lipinski definition) is 3. The zero-order chi connectivity index (χ0) is 18.7. The lowest BCUT2D eigenvalue weighted by Gasteiger charge is -2.11. The Balaban J connectivity index is 1.78. The summed E-state index contributed by atoms with van der Waals surface area (Å²) in [5, 5.41) is 6.74. The van der Waals surface area contributed by atoms with Gasteiger partial charge >= 0.3 is 0 Å². The van der Waals surface area contributed by atoms with Crippen LogP contribution in [-0.2, 0) is 4.74 Å². The van der Waals surface area contributed by atoms with E-state index in [1.54, 1.807) is 13.2 Å². The van der Waals surface area contributed by atoms with E-state index in [0.717, 1.165) is 17.7 Å².